The summed E-state index contributed by atoms with van der Waals surface area (Å²) < 4.78 is 21.1. The van der Waals surface area contributed by atoms with Crippen LogP contribution >= 0.6 is 0 Å². The predicted molar refractivity (Wildman–Crippen MR) is 104 cm³/mol. The first-order chi connectivity index (χ1) is 12.9. The first-order valence-electron chi connectivity index (χ1n) is 9.60. The van der Waals surface area contributed by atoms with Crippen LogP contribution in [-0.4, -0.2) is 42.9 Å². The standard InChI is InChI=1S/C22H25FN2O2/c1-25(2)16-11-12-17(25)14-18(13-16)27-22(26)24-21-19(9-6-10-20(21)23)15-7-4-3-5-8-15/h3-10,16-18H,11-14H2,1-2H3/p+1/t16-,17+,18?. The van der Waals surface area contributed by atoms with Crippen LogP contribution in [0.5, 0.6) is 0 Å². The number of anilines is 1. The Morgan fingerprint density at radius 3 is 2.37 bits per heavy atom. The molecule has 0 spiro atoms. The van der Waals surface area contributed by atoms with E-state index in [1.54, 1.807) is 12.1 Å². The first-order valence-corrected chi connectivity index (χ1v) is 9.60. The average molecular weight is 369 g/mol. The van der Waals surface area contributed by atoms with Crippen molar-refractivity contribution in [2.24, 2.45) is 0 Å². The number of amides is 1. The predicted octanol–water partition coefficient (Wildman–Crippen LogP) is 4.81. The smallest absolute Gasteiger partial charge is 0.412 e. The average Bonchev–Trinajstić information content (AvgIpc) is 2.82. The van der Waals surface area contributed by atoms with E-state index in [2.05, 4.69) is 19.4 Å². The van der Waals surface area contributed by atoms with Crippen molar-refractivity contribution >= 4 is 11.8 Å². The molecule has 4 nitrogen and oxygen atoms in total. The van der Waals surface area contributed by atoms with Crippen molar-refractivity contribution in [3.63, 3.8) is 0 Å². The number of para-hydroxylation sites is 1. The number of nitrogens with one attached hydrogen (secondary N) is 1. The summed E-state index contributed by atoms with van der Waals surface area (Å²) in [6.45, 7) is 0. The Bertz CT molecular complexity index is 821. The molecule has 2 saturated heterocycles. The molecule has 4 rings (SSSR count). The third-order valence-corrected chi connectivity index (χ3v) is 6.38. The van der Waals surface area contributed by atoms with Crippen LogP contribution in [0.4, 0.5) is 14.9 Å². The minimum atomic E-state index is -0.575. The Balaban J connectivity index is 1.48. The van der Waals surface area contributed by atoms with E-state index in [1.165, 1.54) is 18.9 Å². The normalized spacial score (nSPS) is 25.8. The van der Waals surface area contributed by atoms with Crippen molar-refractivity contribution in [1.29, 1.82) is 0 Å². The zero-order valence-corrected chi connectivity index (χ0v) is 15.8. The fourth-order valence-electron chi connectivity index (χ4n) is 4.72. The molecule has 1 unspecified atom stereocenters. The molecule has 0 saturated carbocycles. The van der Waals surface area contributed by atoms with E-state index in [1.807, 2.05) is 30.3 Å². The number of rotatable bonds is 3. The highest BCUT2D eigenvalue weighted by Crippen LogP contribution is 2.40. The summed E-state index contributed by atoms with van der Waals surface area (Å²) in [4.78, 5) is 12.5. The van der Waals surface area contributed by atoms with Crippen LogP contribution in [0, 0.1) is 5.82 Å². The highest BCUT2D eigenvalue weighted by Gasteiger charge is 2.49. The summed E-state index contributed by atoms with van der Waals surface area (Å²) in [6.07, 6.45) is 3.45. The Labute approximate surface area is 159 Å². The minimum Gasteiger partial charge on any atom is -0.445 e. The number of hydrogen-bond acceptors (Lipinski definition) is 2. The van der Waals surface area contributed by atoms with Crippen molar-refractivity contribution < 1.29 is 18.4 Å². The van der Waals surface area contributed by atoms with E-state index in [9.17, 15) is 9.18 Å². The Morgan fingerprint density at radius 1 is 1.04 bits per heavy atom. The highest BCUT2D eigenvalue weighted by molar-refractivity contribution is 5.91. The van der Waals surface area contributed by atoms with Gasteiger partial charge in [-0.05, 0) is 11.6 Å². The molecular formula is C22H26FN2O2+. The summed E-state index contributed by atoms with van der Waals surface area (Å²) in [5.41, 5.74) is 1.67. The van der Waals surface area contributed by atoms with E-state index in [0.29, 0.717) is 17.6 Å². The quantitative estimate of drug-likeness (QED) is 0.789. The second kappa shape index (κ2) is 6.97. The van der Waals surface area contributed by atoms with E-state index in [-0.39, 0.29) is 11.8 Å². The van der Waals surface area contributed by atoms with Gasteiger partial charge in [-0.25, -0.2) is 9.18 Å². The molecule has 2 aliphatic heterocycles. The zero-order chi connectivity index (χ0) is 19.0. The molecule has 2 fully saturated rings. The molecule has 142 valence electrons. The molecule has 0 aromatic heterocycles. The summed E-state index contributed by atoms with van der Waals surface area (Å²) in [7, 11) is 4.54. The molecule has 2 aromatic rings. The van der Waals surface area contributed by atoms with Gasteiger partial charge in [0.15, 0.2) is 0 Å². The number of carbonyl (C=O) groups excluding carboxylic acids is 1. The fraction of sp³-hybridized carbons (Fsp3) is 0.409. The number of hydrogen-bond donors (Lipinski definition) is 1. The number of nitrogens with zero attached hydrogens (tertiary/aromatic N) is 1. The van der Waals surface area contributed by atoms with Crippen LogP contribution in [-0.2, 0) is 4.74 Å². The molecule has 2 aromatic carbocycles. The number of halogens is 1. The Hall–Kier alpha value is -2.40. The van der Waals surface area contributed by atoms with Crippen LogP contribution < -0.4 is 5.32 Å². The number of quaternary nitrogens is 1. The van der Waals surface area contributed by atoms with Crippen molar-refractivity contribution in [1.82, 2.24) is 0 Å². The van der Waals surface area contributed by atoms with Crippen molar-refractivity contribution in [2.45, 2.75) is 43.9 Å². The topological polar surface area (TPSA) is 38.3 Å². The van der Waals surface area contributed by atoms with Gasteiger partial charge in [0, 0.05) is 31.2 Å². The molecule has 2 aliphatic rings. The zero-order valence-electron chi connectivity index (χ0n) is 15.8. The van der Waals surface area contributed by atoms with Crippen LogP contribution in [0.1, 0.15) is 25.7 Å². The maximum absolute atomic E-state index is 14.4. The lowest BCUT2D eigenvalue weighted by Crippen LogP contribution is -2.56. The van der Waals surface area contributed by atoms with Crippen molar-refractivity contribution in [3.8, 4) is 11.1 Å². The molecule has 5 heteroatoms. The Morgan fingerprint density at radius 2 is 1.70 bits per heavy atom. The molecule has 1 amide bonds. The number of ether oxygens (including phenoxy) is 1. The summed E-state index contributed by atoms with van der Waals surface area (Å²) in [6, 6.07) is 15.3. The third kappa shape index (κ3) is 3.44. The lowest BCUT2D eigenvalue weighted by atomic mass is 9.98. The molecule has 0 radical (unpaired) electrons. The van der Waals surface area contributed by atoms with Gasteiger partial charge >= 0.3 is 6.09 Å². The van der Waals surface area contributed by atoms with Gasteiger partial charge in [0.25, 0.3) is 0 Å². The van der Waals surface area contributed by atoms with E-state index in [4.69, 9.17) is 4.74 Å². The summed E-state index contributed by atoms with van der Waals surface area (Å²) in [5, 5.41) is 2.65. The van der Waals surface area contributed by atoms with Gasteiger partial charge in [-0.1, -0.05) is 42.5 Å². The van der Waals surface area contributed by atoms with Gasteiger partial charge in [-0.3, -0.25) is 5.32 Å². The second-order valence-corrected chi connectivity index (χ2v) is 8.17. The number of benzene rings is 2. The minimum absolute atomic E-state index is 0.0967. The van der Waals surface area contributed by atoms with Gasteiger partial charge in [0.05, 0.1) is 31.9 Å². The lowest BCUT2D eigenvalue weighted by Gasteiger charge is -2.43. The lowest BCUT2D eigenvalue weighted by molar-refractivity contribution is -0.931. The van der Waals surface area contributed by atoms with Crippen LogP contribution in [0.15, 0.2) is 48.5 Å². The second-order valence-electron chi connectivity index (χ2n) is 8.17. The van der Waals surface area contributed by atoms with E-state index < -0.39 is 11.9 Å². The van der Waals surface area contributed by atoms with Gasteiger partial charge in [0.2, 0.25) is 0 Å². The summed E-state index contributed by atoms with van der Waals surface area (Å²) in [5.74, 6) is -0.463. The maximum atomic E-state index is 14.4. The van der Waals surface area contributed by atoms with E-state index in [0.717, 1.165) is 22.9 Å². The Kier molecular flexibility index (Phi) is 4.64. The molecule has 0 aliphatic carbocycles. The van der Waals surface area contributed by atoms with Crippen molar-refractivity contribution in [3.05, 3.63) is 54.3 Å². The molecule has 27 heavy (non-hydrogen) atoms. The molecule has 1 N–H and O–H groups in total. The number of piperidine rings is 1. The van der Waals surface area contributed by atoms with Crippen LogP contribution in [0.3, 0.4) is 0 Å². The fourth-order valence-corrected chi connectivity index (χ4v) is 4.72. The van der Waals surface area contributed by atoms with Gasteiger partial charge in [-0.15, -0.1) is 0 Å². The molecule has 2 bridgehead atoms. The largest absolute Gasteiger partial charge is 0.445 e. The molecular weight excluding hydrogens is 343 g/mol. The third-order valence-electron chi connectivity index (χ3n) is 6.38. The van der Waals surface area contributed by atoms with Crippen LogP contribution in [0.2, 0.25) is 0 Å². The maximum Gasteiger partial charge on any atom is 0.412 e. The summed E-state index contributed by atoms with van der Waals surface area (Å²) >= 11 is 0. The molecule has 3 atom stereocenters. The van der Waals surface area contributed by atoms with Crippen molar-refractivity contribution in [2.75, 3.05) is 19.4 Å². The SMILES string of the molecule is C[N+]1(C)[C@@H]2CC[C@H]1CC(OC(=O)Nc1c(F)cccc1-c1ccccc1)C2. The number of fused-ring (bicyclic) bond motifs is 2. The van der Waals surface area contributed by atoms with Gasteiger partial charge in [-0.2, -0.15) is 0 Å². The first kappa shape index (κ1) is 18.0. The van der Waals surface area contributed by atoms with Gasteiger partial charge < -0.3 is 9.22 Å². The van der Waals surface area contributed by atoms with Gasteiger partial charge in [0.1, 0.15) is 11.9 Å². The number of carbonyl (C=O) groups is 1. The monoisotopic (exact) mass is 369 g/mol. The molecule has 2 heterocycles. The van der Waals surface area contributed by atoms with Crippen LogP contribution in [0.25, 0.3) is 11.1 Å². The van der Waals surface area contributed by atoms with E-state index >= 15 is 0 Å². The highest BCUT2D eigenvalue weighted by atomic mass is 19.1.